The zero-order valence-corrected chi connectivity index (χ0v) is 20.4. The molecule has 172 valence electrons. The van der Waals surface area contributed by atoms with Crippen LogP contribution in [0.25, 0.3) is 11.3 Å². The predicted octanol–water partition coefficient (Wildman–Crippen LogP) is 4.04. The number of aromatic nitrogens is 2. The summed E-state index contributed by atoms with van der Waals surface area (Å²) >= 11 is 2.25. The van der Waals surface area contributed by atoms with Crippen molar-refractivity contribution in [2.75, 3.05) is 13.2 Å². The molecule has 8 nitrogen and oxygen atoms in total. The van der Waals surface area contributed by atoms with E-state index in [9.17, 15) is 9.59 Å². The Hall–Kier alpha value is -2.92. The van der Waals surface area contributed by atoms with Crippen molar-refractivity contribution in [3.05, 3.63) is 69.7 Å². The Morgan fingerprint density at radius 3 is 2.45 bits per heavy atom. The smallest absolute Gasteiger partial charge is 0.325 e. The summed E-state index contributed by atoms with van der Waals surface area (Å²) in [7, 11) is 0. The number of aromatic amines is 1. The van der Waals surface area contributed by atoms with Crippen molar-refractivity contribution in [2.45, 2.75) is 25.9 Å². The van der Waals surface area contributed by atoms with Crippen LogP contribution in [-0.2, 0) is 4.79 Å². The number of nitrogens with one attached hydrogen (secondary N) is 2. The lowest BCUT2D eigenvalue weighted by molar-refractivity contribution is -0.130. The summed E-state index contributed by atoms with van der Waals surface area (Å²) < 4.78 is 6.50. The summed E-state index contributed by atoms with van der Waals surface area (Å²) in [4.78, 5) is 35.3. The number of carbonyl (C=O) groups excluding carboxylic acids is 2. The maximum Gasteiger partial charge on any atom is 0.325 e. The van der Waals surface area contributed by atoms with Gasteiger partial charge in [-0.25, -0.2) is 9.78 Å². The van der Waals surface area contributed by atoms with E-state index in [-0.39, 0.29) is 25.0 Å². The number of hydrogen-bond acceptors (Lipinski definition) is 5. The number of imidazole rings is 1. The molecular formula is C24H25IN4O4. The second kappa shape index (κ2) is 9.92. The van der Waals surface area contributed by atoms with Crippen LogP contribution < -0.4 is 10.1 Å². The van der Waals surface area contributed by atoms with Gasteiger partial charge in [0.15, 0.2) is 0 Å². The molecule has 3 aromatic rings. The summed E-state index contributed by atoms with van der Waals surface area (Å²) in [6.45, 7) is 4.02. The van der Waals surface area contributed by atoms with E-state index in [0.29, 0.717) is 17.1 Å². The van der Waals surface area contributed by atoms with Gasteiger partial charge in [-0.05, 0) is 63.9 Å². The number of H-pyrrole nitrogens is 1. The lowest BCUT2D eigenvalue weighted by Crippen LogP contribution is -2.38. The van der Waals surface area contributed by atoms with Crippen molar-refractivity contribution in [1.82, 2.24) is 20.2 Å². The van der Waals surface area contributed by atoms with Crippen molar-refractivity contribution < 1.29 is 19.4 Å². The Morgan fingerprint density at radius 1 is 1.12 bits per heavy atom. The Labute approximate surface area is 205 Å². The lowest BCUT2D eigenvalue weighted by Gasteiger charge is -2.27. The number of urea groups is 1. The third kappa shape index (κ3) is 4.88. The summed E-state index contributed by atoms with van der Waals surface area (Å²) in [5.41, 5.74) is 2.47. The fourth-order valence-electron chi connectivity index (χ4n) is 3.90. The number of hydrogen-bond donors (Lipinski definition) is 3. The van der Waals surface area contributed by atoms with E-state index in [1.807, 2.05) is 38.1 Å². The minimum Gasteiger partial charge on any atom is -0.491 e. The van der Waals surface area contributed by atoms with Crippen molar-refractivity contribution >= 4 is 34.5 Å². The molecule has 1 aliphatic heterocycles. The number of aliphatic hydroxyl groups is 1. The normalized spacial score (nSPS) is 16.9. The molecule has 0 bridgehead atoms. The van der Waals surface area contributed by atoms with E-state index < -0.39 is 18.1 Å². The first-order valence-electron chi connectivity index (χ1n) is 10.7. The number of benzene rings is 2. The quantitative estimate of drug-likeness (QED) is 0.285. The van der Waals surface area contributed by atoms with Gasteiger partial charge < -0.3 is 20.1 Å². The van der Waals surface area contributed by atoms with Crippen LogP contribution in [0.3, 0.4) is 0 Å². The molecule has 0 radical (unpaired) electrons. The second-order valence-corrected chi connectivity index (χ2v) is 9.36. The van der Waals surface area contributed by atoms with Gasteiger partial charge >= 0.3 is 6.03 Å². The van der Waals surface area contributed by atoms with Crippen LogP contribution in [0.15, 0.2) is 54.7 Å². The fraction of sp³-hybridized carbons (Fsp3) is 0.292. The average Bonchev–Trinajstić information content (AvgIpc) is 3.39. The number of halogens is 1. The van der Waals surface area contributed by atoms with Gasteiger partial charge in [-0.15, -0.1) is 0 Å². The molecule has 0 spiro atoms. The van der Waals surface area contributed by atoms with E-state index >= 15 is 0 Å². The topological polar surface area (TPSA) is 108 Å². The first kappa shape index (κ1) is 23.2. The molecule has 33 heavy (non-hydrogen) atoms. The SMILES string of the molecule is CC(C)[C@H](c1ncc(-c2ccc(I)cc2)[nH]1)N1C(=O)N[C@@H](c2ccc(OCCO)cc2)C1=O. The minimum absolute atomic E-state index is 0.0524. The van der Waals surface area contributed by atoms with Crippen LogP contribution in [0.5, 0.6) is 5.75 Å². The van der Waals surface area contributed by atoms with E-state index in [0.717, 1.165) is 14.8 Å². The van der Waals surface area contributed by atoms with Crippen molar-refractivity contribution in [2.24, 2.45) is 5.92 Å². The molecule has 2 aromatic carbocycles. The van der Waals surface area contributed by atoms with Crippen molar-refractivity contribution in [3.63, 3.8) is 0 Å². The monoisotopic (exact) mass is 560 g/mol. The summed E-state index contributed by atoms with van der Waals surface area (Å²) in [6.07, 6.45) is 1.73. The molecule has 0 unspecified atom stereocenters. The molecule has 4 rings (SSSR count). The highest BCUT2D eigenvalue weighted by Gasteiger charge is 2.45. The molecule has 1 saturated heterocycles. The number of imide groups is 1. The van der Waals surface area contributed by atoms with Gasteiger partial charge in [0.05, 0.1) is 18.5 Å². The molecule has 0 saturated carbocycles. The van der Waals surface area contributed by atoms with Gasteiger partial charge in [0.1, 0.15) is 30.3 Å². The molecule has 1 aliphatic rings. The van der Waals surface area contributed by atoms with Crippen molar-refractivity contribution in [3.8, 4) is 17.0 Å². The largest absolute Gasteiger partial charge is 0.491 e. The van der Waals surface area contributed by atoms with Crippen LogP contribution in [0, 0.1) is 9.49 Å². The molecule has 1 aromatic heterocycles. The third-order valence-corrected chi connectivity index (χ3v) is 6.20. The van der Waals surface area contributed by atoms with Crippen LogP contribution in [0.1, 0.15) is 37.3 Å². The Morgan fingerprint density at radius 2 is 1.82 bits per heavy atom. The van der Waals surface area contributed by atoms with E-state index in [1.54, 1.807) is 30.5 Å². The summed E-state index contributed by atoms with van der Waals surface area (Å²) in [5, 5.41) is 11.7. The van der Waals surface area contributed by atoms with E-state index in [2.05, 4.69) is 37.9 Å². The molecule has 2 atom stereocenters. The number of aliphatic hydroxyl groups excluding tert-OH is 1. The van der Waals surface area contributed by atoms with Gasteiger partial charge in [0.2, 0.25) is 0 Å². The fourth-order valence-corrected chi connectivity index (χ4v) is 4.26. The standard InChI is InChI=1S/C24H25IN4O4/c1-14(2)21(22-26-13-19(27-22)15-3-7-17(25)8-4-15)29-23(31)20(28-24(29)32)16-5-9-18(10-6-16)33-12-11-30/h3-10,13-14,20-21,30H,11-12H2,1-2H3,(H,26,27)(H,28,32)/t20-,21+/m0/s1. The van der Waals surface area contributed by atoms with E-state index in [1.165, 1.54) is 4.90 Å². The average molecular weight is 560 g/mol. The van der Waals surface area contributed by atoms with Gasteiger partial charge in [-0.2, -0.15) is 0 Å². The first-order chi connectivity index (χ1) is 15.9. The summed E-state index contributed by atoms with van der Waals surface area (Å²) in [6, 6.07) is 13.2. The molecule has 3 N–H and O–H groups in total. The molecule has 1 fully saturated rings. The molecule has 2 heterocycles. The second-order valence-electron chi connectivity index (χ2n) is 8.11. The highest BCUT2D eigenvalue weighted by molar-refractivity contribution is 14.1. The molecular weight excluding hydrogens is 535 g/mol. The van der Waals surface area contributed by atoms with Crippen molar-refractivity contribution in [1.29, 1.82) is 0 Å². The molecule has 0 aliphatic carbocycles. The molecule has 9 heteroatoms. The lowest BCUT2D eigenvalue weighted by atomic mass is 10.0. The molecule has 3 amide bonds. The number of carbonyl (C=O) groups is 2. The number of rotatable bonds is 8. The Balaban J connectivity index is 1.58. The van der Waals surface area contributed by atoms with Gasteiger partial charge in [0.25, 0.3) is 5.91 Å². The Kier molecular flexibility index (Phi) is 6.99. The number of amides is 3. The zero-order chi connectivity index (χ0) is 23.5. The first-order valence-corrected chi connectivity index (χ1v) is 11.7. The predicted molar refractivity (Wildman–Crippen MR) is 131 cm³/mol. The highest BCUT2D eigenvalue weighted by atomic mass is 127. The maximum atomic E-state index is 13.3. The Bertz CT molecular complexity index is 1130. The third-order valence-electron chi connectivity index (χ3n) is 5.48. The van der Waals surface area contributed by atoms with Gasteiger partial charge in [0, 0.05) is 3.57 Å². The zero-order valence-electron chi connectivity index (χ0n) is 18.3. The van der Waals surface area contributed by atoms with E-state index in [4.69, 9.17) is 9.84 Å². The van der Waals surface area contributed by atoms with Gasteiger partial charge in [-0.1, -0.05) is 38.1 Å². The summed E-state index contributed by atoms with van der Waals surface area (Å²) in [5.74, 6) is 0.772. The van der Waals surface area contributed by atoms with Crippen LogP contribution in [0.4, 0.5) is 4.79 Å². The van der Waals surface area contributed by atoms with Gasteiger partial charge in [-0.3, -0.25) is 9.69 Å². The number of ether oxygens (including phenoxy) is 1. The minimum atomic E-state index is -0.781. The van der Waals surface area contributed by atoms with Crippen LogP contribution in [-0.4, -0.2) is 45.1 Å². The van der Waals surface area contributed by atoms with Crippen LogP contribution in [0.2, 0.25) is 0 Å². The highest BCUT2D eigenvalue weighted by Crippen LogP contribution is 2.34. The van der Waals surface area contributed by atoms with Crippen LogP contribution >= 0.6 is 22.6 Å². The maximum absolute atomic E-state index is 13.3. The number of nitrogens with zero attached hydrogens (tertiary/aromatic N) is 2.